The maximum absolute atomic E-state index is 12.5. The van der Waals surface area contributed by atoms with Gasteiger partial charge in [0.15, 0.2) is 0 Å². The number of fused-ring (bicyclic) bond motifs is 1. The second kappa shape index (κ2) is 8.00. The Morgan fingerprint density at radius 1 is 1.24 bits per heavy atom. The molecule has 8 heteroatoms. The van der Waals surface area contributed by atoms with Crippen molar-refractivity contribution in [2.45, 2.75) is 32.6 Å². The third-order valence-electron chi connectivity index (χ3n) is 4.04. The summed E-state index contributed by atoms with van der Waals surface area (Å²) in [4.78, 5) is 16.9. The Hall–Kier alpha value is -2.58. The molecule has 0 radical (unpaired) electrons. The summed E-state index contributed by atoms with van der Waals surface area (Å²) in [5.74, 6) is 0.841. The Balaban J connectivity index is 1.63. The molecule has 2 aromatic heterocycles. The Kier molecular flexibility index (Phi) is 5.52. The number of ether oxygens (including phenoxy) is 1. The van der Waals surface area contributed by atoms with E-state index >= 15 is 0 Å². The largest absolute Gasteiger partial charge is 0.383 e. The number of methoxy groups -OCH3 is 1. The van der Waals surface area contributed by atoms with Crippen LogP contribution < -0.4 is 10.9 Å². The van der Waals surface area contributed by atoms with Crippen molar-refractivity contribution in [1.29, 1.82) is 0 Å². The predicted molar refractivity (Wildman–Crippen MR) is 94.2 cm³/mol. The van der Waals surface area contributed by atoms with E-state index in [4.69, 9.17) is 4.74 Å². The van der Waals surface area contributed by atoms with Crippen molar-refractivity contribution in [2.75, 3.05) is 13.7 Å². The molecule has 3 aromatic rings. The molecule has 0 saturated carbocycles. The van der Waals surface area contributed by atoms with E-state index in [1.807, 2.05) is 29.7 Å². The van der Waals surface area contributed by atoms with Gasteiger partial charge in [-0.1, -0.05) is 12.1 Å². The van der Waals surface area contributed by atoms with Gasteiger partial charge in [-0.05, 0) is 19.1 Å². The Labute approximate surface area is 145 Å². The molecule has 1 atom stereocenters. The summed E-state index contributed by atoms with van der Waals surface area (Å²) in [6.07, 6.45) is 3.29. The van der Waals surface area contributed by atoms with Crippen LogP contribution in [0.3, 0.4) is 0 Å². The van der Waals surface area contributed by atoms with Crippen LogP contribution in [0.15, 0.2) is 41.7 Å². The number of hydrogen-bond acceptors (Lipinski definition) is 6. The lowest BCUT2D eigenvalue weighted by atomic mass is 10.2. The molecular weight excluding hydrogens is 320 g/mol. The highest BCUT2D eigenvalue weighted by molar-refractivity contribution is 5.76. The Bertz CT molecular complexity index is 888. The number of rotatable bonds is 8. The van der Waals surface area contributed by atoms with Crippen LogP contribution in [0.2, 0.25) is 0 Å². The van der Waals surface area contributed by atoms with Crippen LogP contribution in [0.25, 0.3) is 10.9 Å². The van der Waals surface area contributed by atoms with Gasteiger partial charge in [0.2, 0.25) is 0 Å². The fourth-order valence-electron chi connectivity index (χ4n) is 2.65. The van der Waals surface area contributed by atoms with Gasteiger partial charge >= 0.3 is 0 Å². The van der Waals surface area contributed by atoms with Crippen LogP contribution >= 0.6 is 0 Å². The van der Waals surface area contributed by atoms with Crippen LogP contribution in [0.5, 0.6) is 0 Å². The van der Waals surface area contributed by atoms with Gasteiger partial charge in [-0.3, -0.25) is 9.36 Å². The predicted octanol–water partition coefficient (Wildman–Crippen LogP) is 0.813. The van der Waals surface area contributed by atoms with Gasteiger partial charge in [0.05, 0.1) is 30.4 Å². The van der Waals surface area contributed by atoms with Crippen molar-refractivity contribution in [3.63, 3.8) is 0 Å². The van der Waals surface area contributed by atoms with Gasteiger partial charge in [-0.2, -0.15) is 0 Å². The third kappa shape index (κ3) is 4.09. The minimum absolute atomic E-state index is 0.0255. The standard InChI is InChI=1S/C17H22N6O2/c1-13(18-9-16-21-20-12-22(16)7-8-25-2)10-23-11-19-15-6-4-3-5-14(15)17(23)24/h3-6,11-13,18H,7-10H2,1-2H3. The maximum Gasteiger partial charge on any atom is 0.261 e. The highest BCUT2D eigenvalue weighted by Gasteiger charge is 2.10. The maximum atomic E-state index is 12.5. The van der Waals surface area contributed by atoms with Gasteiger partial charge < -0.3 is 14.6 Å². The van der Waals surface area contributed by atoms with Crippen molar-refractivity contribution in [1.82, 2.24) is 29.6 Å². The molecule has 0 aliphatic heterocycles. The highest BCUT2D eigenvalue weighted by atomic mass is 16.5. The molecule has 0 bridgehead atoms. The van der Waals surface area contributed by atoms with Gasteiger partial charge in [0.1, 0.15) is 12.2 Å². The van der Waals surface area contributed by atoms with Gasteiger partial charge in [-0.25, -0.2) is 4.98 Å². The molecular formula is C17H22N6O2. The number of hydrogen-bond donors (Lipinski definition) is 1. The topological polar surface area (TPSA) is 86.9 Å². The van der Waals surface area contributed by atoms with E-state index in [-0.39, 0.29) is 11.6 Å². The molecule has 0 saturated heterocycles. The molecule has 1 unspecified atom stereocenters. The van der Waals surface area contributed by atoms with E-state index in [0.29, 0.717) is 31.6 Å². The lowest BCUT2D eigenvalue weighted by Gasteiger charge is -2.15. The molecule has 0 fully saturated rings. The normalized spacial score (nSPS) is 12.6. The smallest absolute Gasteiger partial charge is 0.261 e. The molecule has 3 rings (SSSR count). The summed E-state index contributed by atoms with van der Waals surface area (Å²) >= 11 is 0. The lowest BCUT2D eigenvalue weighted by molar-refractivity contribution is 0.186. The van der Waals surface area contributed by atoms with Crippen molar-refractivity contribution < 1.29 is 4.74 Å². The number of para-hydroxylation sites is 1. The molecule has 8 nitrogen and oxygen atoms in total. The lowest BCUT2D eigenvalue weighted by Crippen LogP contribution is -2.35. The summed E-state index contributed by atoms with van der Waals surface area (Å²) in [5, 5.41) is 12.1. The zero-order valence-corrected chi connectivity index (χ0v) is 14.4. The second-order valence-corrected chi connectivity index (χ2v) is 5.93. The van der Waals surface area contributed by atoms with Crippen molar-refractivity contribution >= 4 is 10.9 Å². The van der Waals surface area contributed by atoms with Crippen molar-refractivity contribution in [2.24, 2.45) is 0 Å². The van der Waals surface area contributed by atoms with Crippen LogP contribution in [0, 0.1) is 0 Å². The third-order valence-corrected chi connectivity index (χ3v) is 4.04. The number of nitrogens with one attached hydrogen (secondary N) is 1. The molecule has 0 aliphatic carbocycles. The fourth-order valence-corrected chi connectivity index (χ4v) is 2.65. The number of aromatic nitrogens is 5. The van der Waals surface area contributed by atoms with Crippen LogP contribution in [0.4, 0.5) is 0 Å². The minimum atomic E-state index is -0.0255. The van der Waals surface area contributed by atoms with Crippen LogP contribution in [-0.2, 0) is 24.4 Å². The van der Waals surface area contributed by atoms with E-state index in [9.17, 15) is 4.79 Å². The molecule has 25 heavy (non-hydrogen) atoms. The first-order valence-electron chi connectivity index (χ1n) is 8.22. The summed E-state index contributed by atoms with van der Waals surface area (Å²) in [7, 11) is 1.67. The van der Waals surface area contributed by atoms with Gasteiger partial charge in [-0.15, -0.1) is 10.2 Å². The van der Waals surface area contributed by atoms with Crippen LogP contribution in [0.1, 0.15) is 12.7 Å². The summed E-state index contributed by atoms with van der Waals surface area (Å²) in [5.41, 5.74) is 0.693. The average molecular weight is 342 g/mol. The zero-order chi connectivity index (χ0) is 17.6. The molecule has 0 amide bonds. The van der Waals surface area contributed by atoms with E-state index in [0.717, 1.165) is 11.3 Å². The first-order chi connectivity index (χ1) is 12.2. The van der Waals surface area contributed by atoms with Crippen LogP contribution in [-0.4, -0.2) is 44.1 Å². The molecule has 0 spiro atoms. The zero-order valence-electron chi connectivity index (χ0n) is 14.4. The monoisotopic (exact) mass is 342 g/mol. The Morgan fingerprint density at radius 2 is 2.08 bits per heavy atom. The summed E-state index contributed by atoms with van der Waals surface area (Å²) in [6, 6.07) is 7.45. The minimum Gasteiger partial charge on any atom is -0.383 e. The molecule has 1 aromatic carbocycles. The first-order valence-corrected chi connectivity index (χ1v) is 8.22. The molecule has 1 N–H and O–H groups in total. The van der Waals surface area contributed by atoms with Crippen molar-refractivity contribution in [3.8, 4) is 0 Å². The second-order valence-electron chi connectivity index (χ2n) is 5.93. The van der Waals surface area contributed by atoms with E-state index in [1.165, 1.54) is 0 Å². The number of benzene rings is 1. The van der Waals surface area contributed by atoms with Gasteiger partial charge in [0, 0.05) is 26.2 Å². The highest BCUT2D eigenvalue weighted by Crippen LogP contribution is 2.05. The fraction of sp³-hybridized carbons (Fsp3) is 0.412. The van der Waals surface area contributed by atoms with E-state index in [1.54, 1.807) is 30.4 Å². The summed E-state index contributed by atoms with van der Waals surface area (Å²) in [6.45, 7) is 4.45. The van der Waals surface area contributed by atoms with Crippen molar-refractivity contribution in [3.05, 3.63) is 53.1 Å². The first kappa shape index (κ1) is 17.2. The SMILES string of the molecule is COCCn1cnnc1CNC(C)Cn1cnc2ccccc2c1=O. The van der Waals surface area contributed by atoms with E-state index in [2.05, 4.69) is 20.5 Å². The summed E-state index contributed by atoms with van der Waals surface area (Å²) < 4.78 is 8.67. The van der Waals surface area contributed by atoms with Gasteiger partial charge in [0.25, 0.3) is 5.56 Å². The number of nitrogens with zero attached hydrogens (tertiary/aromatic N) is 5. The molecule has 132 valence electrons. The quantitative estimate of drug-likeness (QED) is 0.652. The Morgan fingerprint density at radius 3 is 2.92 bits per heavy atom. The average Bonchev–Trinajstić information content (AvgIpc) is 3.08. The van der Waals surface area contributed by atoms with E-state index < -0.39 is 0 Å². The molecule has 2 heterocycles. The molecule has 0 aliphatic rings.